The van der Waals surface area contributed by atoms with Crippen molar-refractivity contribution in [3.63, 3.8) is 0 Å². The van der Waals surface area contributed by atoms with Crippen LogP contribution in [0.4, 0.5) is 11.4 Å². The molecular formula is C23H11Br2N5O2S3. The Hall–Kier alpha value is -3.13. The first-order valence-corrected chi connectivity index (χ1v) is 13.6. The summed E-state index contributed by atoms with van der Waals surface area (Å²) in [5.41, 5.74) is 3.89. The maximum absolute atomic E-state index is 10.9. The molecule has 12 heteroatoms. The monoisotopic (exact) mass is 643 g/mol. The summed E-state index contributed by atoms with van der Waals surface area (Å²) in [6.45, 7) is 13.6. The predicted octanol–water partition coefficient (Wildman–Crippen LogP) is 8.10. The molecule has 3 heterocycles. The van der Waals surface area contributed by atoms with Crippen LogP contribution in [0, 0.1) is 13.1 Å². The molecule has 3 aromatic carbocycles. The van der Waals surface area contributed by atoms with Crippen LogP contribution < -0.4 is 9.75 Å². The number of fused-ring (bicyclic) bond motifs is 3. The molecule has 0 atom stereocenters. The number of aromatic amines is 2. The molecule has 0 aliphatic carbocycles. The zero-order chi connectivity index (χ0) is 24.9. The van der Waals surface area contributed by atoms with E-state index in [9.17, 15) is 9.59 Å². The second kappa shape index (κ2) is 11.1. The lowest BCUT2D eigenvalue weighted by Crippen LogP contribution is -1.89. The van der Waals surface area contributed by atoms with Crippen molar-refractivity contribution < 1.29 is 0 Å². The van der Waals surface area contributed by atoms with Crippen molar-refractivity contribution in [1.29, 1.82) is 0 Å². The first-order chi connectivity index (χ1) is 16.8. The first-order valence-electron chi connectivity index (χ1n) is 9.57. The summed E-state index contributed by atoms with van der Waals surface area (Å²) in [6.07, 6.45) is 0. The highest BCUT2D eigenvalue weighted by atomic mass is 79.9. The highest BCUT2D eigenvalue weighted by molar-refractivity contribution is 9.11. The number of thiazole rings is 3. The van der Waals surface area contributed by atoms with E-state index < -0.39 is 0 Å². The number of rotatable bonds is 0. The summed E-state index contributed by atoms with van der Waals surface area (Å²) in [7, 11) is 0. The van der Waals surface area contributed by atoms with Crippen LogP contribution in [-0.2, 0) is 0 Å². The van der Waals surface area contributed by atoms with E-state index in [1.165, 1.54) is 11.3 Å². The lowest BCUT2D eigenvalue weighted by Gasteiger charge is -1.87. The molecule has 6 rings (SSSR count). The third kappa shape index (κ3) is 6.31. The van der Waals surface area contributed by atoms with Gasteiger partial charge in [-0.2, -0.15) is 0 Å². The van der Waals surface area contributed by atoms with Gasteiger partial charge >= 0.3 is 9.75 Å². The van der Waals surface area contributed by atoms with Crippen LogP contribution in [0.1, 0.15) is 0 Å². The molecule has 0 spiro atoms. The van der Waals surface area contributed by atoms with E-state index in [4.69, 9.17) is 13.1 Å². The van der Waals surface area contributed by atoms with Crippen molar-refractivity contribution >= 4 is 108 Å². The number of nitrogens with one attached hydrogen (secondary N) is 2. The lowest BCUT2D eigenvalue weighted by molar-refractivity contribution is 1.41. The maximum atomic E-state index is 10.9. The predicted molar refractivity (Wildman–Crippen MR) is 152 cm³/mol. The van der Waals surface area contributed by atoms with Crippen molar-refractivity contribution in [2.45, 2.75) is 0 Å². The van der Waals surface area contributed by atoms with Crippen LogP contribution in [0.15, 0.2) is 72.6 Å². The first kappa shape index (κ1) is 25.0. The van der Waals surface area contributed by atoms with Crippen LogP contribution in [0.25, 0.3) is 40.3 Å². The molecule has 2 N–H and O–H groups in total. The molecule has 172 valence electrons. The lowest BCUT2D eigenvalue weighted by atomic mass is 10.3. The van der Waals surface area contributed by atoms with Gasteiger partial charge in [0.2, 0.25) is 0 Å². The topological polar surface area (TPSA) is 87.3 Å². The van der Waals surface area contributed by atoms with Crippen LogP contribution in [0.3, 0.4) is 0 Å². The number of halogens is 2. The molecule has 0 aliphatic rings. The third-order valence-corrected chi connectivity index (χ3v) is 8.04. The van der Waals surface area contributed by atoms with Crippen LogP contribution in [-0.4, -0.2) is 15.0 Å². The van der Waals surface area contributed by atoms with E-state index in [0.29, 0.717) is 11.4 Å². The summed E-state index contributed by atoms with van der Waals surface area (Å²) >= 11 is 10.5. The molecular weight excluding hydrogens is 634 g/mol. The Morgan fingerprint density at radius 1 is 0.714 bits per heavy atom. The molecule has 0 amide bonds. The normalized spacial score (nSPS) is 10.2. The van der Waals surface area contributed by atoms with Crippen molar-refractivity contribution in [2.24, 2.45) is 0 Å². The zero-order valence-electron chi connectivity index (χ0n) is 17.3. The van der Waals surface area contributed by atoms with Crippen LogP contribution in [0.5, 0.6) is 0 Å². The van der Waals surface area contributed by atoms with Gasteiger partial charge in [-0.15, -0.1) is 11.3 Å². The zero-order valence-corrected chi connectivity index (χ0v) is 23.0. The second-order valence-electron chi connectivity index (χ2n) is 6.69. The number of aromatic nitrogens is 3. The fourth-order valence-corrected chi connectivity index (χ4v) is 6.37. The minimum atomic E-state index is -0.0767. The molecule has 6 aromatic rings. The van der Waals surface area contributed by atoms with Gasteiger partial charge in [0.15, 0.2) is 15.3 Å². The maximum Gasteiger partial charge on any atom is 0.305 e. The number of H-pyrrole nitrogens is 2. The van der Waals surface area contributed by atoms with Crippen molar-refractivity contribution in [1.82, 2.24) is 15.0 Å². The van der Waals surface area contributed by atoms with Crippen LogP contribution in [0.2, 0.25) is 0 Å². The largest absolute Gasteiger partial charge is 0.312 e. The molecule has 0 aliphatic heterocycles. The highest BCUT2D eigenvalue weighted by Crippen LogP contribution is 2.29. The summed E-state index contributed by atoms with van der Waals surface area (Å²) < 4.78 is 4.74. The Morgan fingerprint density at radius 2 is 1.26 bits per heavy atom. The Labute approximate surface area is 226 Å². The van der Waals surface area contributed by atoms with E-state index in [-0.39, 0.29) is 9.75 Å². The minimum absolute atomic E-state index is 0.00176. The number of benzene rings is 3. The van der Waals surface area contributed by atoms with Gasteiger partial charge in [0, 0.05) is 13.9 Å². The Morgan fingerprint density at radius 3 is 1.89 bits per heavy atom. The molecule has 0 fully saturated rings. The number of hydrogen-bond acceptors (Lipinski definition) is 6. The summed E-state index contributed by atoms with van der Waals surface area (Å²) in [4.78, 5) is 37.9. The molecule has 0 saturated carbocycles. The van der Waals surface area contributed by atoms with Crippen molar-refractivity contribution in [3.8, 4) is 0 Å². The van der Waals surface area contributed by atoms with E-state index in [0.717, 1.165) is 50.4 Å². The van der Waals surface area contributed by atoms with Gasteiger partial charge in [-0.25, -0.2) is 14.7 Å². The van der Waals surface area contributed by atoms with Gasteiger partial charge < -0.3 is 9.97 Å². The fourth-order valence-electron chi connectivity index (χ4n) is 2.88. The minimum Gasteiger partial charge on any atom is -0.312 e. The van der Waals surface area contributed by atoms with Gasteiger partial charge in [0.05, 0.1) is 34.4 Å². The Bertz CT molecular complexity index is 1870. The molecule has 35 heavy (non-hydrogen) atoms. The van der Waals surface area contributed by atoms with Crippen molar-refractivity contribution in [2.75, 3.05) is 0 Å². The summed E-state index contributed by atoms with van der Waals surface area (Å²) in [6, 6.07) is 16.4. The Kier molecular flexibility index (Phi) is 7.90. The molecule has 3 aromatic heterocycles. The molecule has 0 saturated heterocycles. The highest BCUT2D eigenvalue weighted by Gasteiger charge is 2.01. The Balaban J connectivity index is 0.000000124. The SMILES string of the molecule is O=c1[nH]c2ccc(Br)cc2s1.[C-]#[N+]c1ccc2[nH]c(=O)sc2c1.[C-]#[N+]c1ccc2nc(Br)sc2c1. The standard InChI is InChI=1S/C8H3BrN2S.C8H4N2OS.C7H4BrNOS/c1-10-5-2-3-6-7(4-5)12-8(9)11-6;1-9-5-2-3-6-7(4-5)12-8(11)10-6;8-4-1-2-5-6(3-4)11-7(10)9-5/h2-4H;2-4H,(H,10,11);1-3H,(H,9,10). The average Bonchev–Trinajstić information content (AvgIpc) is 3.51. The molecule has 0 unspecified atom stereocenters. The van der Waals surface area contributed by atoms with Crippen molar-refractivity contribution in [3.05, 3.63) is 105 Å². The van der Waals surface area contributed by atoms with E-state index in [1.54, 1.807) is 35.6 Å². The molecule has 0 radical (unpaired) electrons. The van der Waals surface area contributed by atoms with Gasteiger partial charge in [0.25, 0.3) is 0 Å². The smallest absolute Gasteiger partial charge is 0.305 e. The fraction of sp³-hybridized carbons (Fsp3) is 0. The van der Waals surface area contributed by atoms with Gasteiger partial charge in [0.1, 0.15) is 0 Å². The number of hydrogen-bond donors (Lipinski definition) is 2. The van der Waals surface area contributed by atoms with Gasteiger partial charge in [-0.3, -0.25) is 9.59 Å². The van der Waals surface area contributed by atoms with Gasteiger partial charge in [-0.05, 0) is 58.4 Å². The number of nitrogens with zero attached hydrogens (tertiary/aromatic N) is 3. The van der Waals surface area contributed by atoms with Crippen LogP contribution >= 0.6 is 65.9 Å². The van der Waals surface area contributed by atoms with E-state index in [1.807, 2.05) is 30.3 Å². The second-order valence-corrected chi connectivity index (χ2v) is 11.9. The quantitative estimate of drug-likeness (QED) is 0.164. The molecule has 7 nitrogen and oxygen atoms in total. The molecule has 0 bridgehead atoms. The summed E-state index contributed by atoms with van der Waals surface area (Å²) in [5, 5.41) is 0. The third-order valence-electron chi connectivity index (χ3n) is 4.39. The van der Waals surface area contributed by atoms with E-state index in [2.05, 4.69) is 56.5 Å². The van der Waals surface area contributed by atoms with E-state index >= 15 is 0 Å². The summed E-state index contributed by atoms with van der Waals surface area (Å²) in [5.74, 6) is 0. The van der Waals surface area contributed by atoms with Gasteiger partial charge in [-0.1, -0.05) is 50.7 Å². The average molecular weight is 645 g/mol.